The van der Waals surface area contributed by atoms with E-state index in [9.17, 15) is 4.39 Å². The molecule has 1 aliphatic carbocycles. The minimum atomic E-state index is -0.191. The van der Waals surface area contributed by atoms with Gasteiger partial charge in [0.25, 0.3) is 0 Å². The van der Waals surface area contributed by atoms with Gasteiger partial charge in [0.05, 0.1) is 11.4 Å². The molecule has 0 N–H and O–H groups in total. The van der Waals surface area contributed by atoms with Crippen LogP contribution in [0.4, 0.5) is 4.39 Å². The smallest absolute Gasteiger partial charge is 0.132 e. The van der Waals surface area contributed by atoms with Gasteiger partial charge < -0.3 is 0 Å². The Labute approximate surface area is 157 Å². The molecule has 26 heavy (non-hydrogen) atoms. The van der Waals surface area contributed by atoms with E-state index in [0.717, 1.165) is 29.5 Å². The molecule has 0 amide bonds. The highest BCUT2D eigenvalue weighted by molar-refractivity contribution is 5.59. The van der Waals surface area contributed by atoms with E-state index in [1.165, 1.54) is 51.4 Å². The average molecular weight is 355 g/mol. The molecule has 3 rings (SSSR count). The van der Waals surface area contributed by atoms with Crippen molar-refractivity contribution in [1.82, 2.24) is 10.2 Å². The summed E-state index contributed by atoms with van der Waals surface area (Å²) in [7, 11) is 0. The van der Waals surface area contributed by atoms with Crippen LogP contribution in [0.25, 0.3) is 11.3 Å². The molecule has 1 saturated carbocycles. The zero-order valence-electron chi connectivity index (χ0n) is 16.2. The van der Waals surface area contributed by atoms with E-state index in [-0.39, 0.29) is 5.82 Å². The second-order valence-corrected chi connectivity index (χ2v) is 7.94. The fourth-order valence-corrected chi connectivity index (χ4v) is 4.14. The molecule has 0 radical (unpaired) electrons. The molecule has 2 nitrogen and oxygen atoms in total. The fraction of sp³-hybridized carbons (Fsp3) is 0.565. The molecule has 1 aliphatic rings. The highest BCUT2D eigenvalue weighted by Crippen LogP contribution is 2.34. The molecule has 140 valence electrons. The first kappa shape index (κ1) is 19.0. The summed E-state index contributed by atoms with van der Waals surface area (Å²) in [6.07, 6.45) is 11.8. The second-order valence-electron chi connectivity index (χ2n) is 7.94. The van der Waals surface area contributed by atoms with Gasteiger partial charge in [-0.05, 0) is 61.4 Å². The third-order valence-electron chi connectivity index (χ3n) is 5.88. The number of aryl methyl sites for hydroxylation is 2. The quantitative estimate of drug-likeness (QED) is 0.565. The lowest BCUT2D eigenvalue weighted by atomic mass is 9.78. The first-order valence-electron chi connectivity index (χ1n) is 10.2. The summed E-state index contributed by atoms with van der Waals surface area (Å²) in [6, 6.07) is 9.28. The first-order valence-corrected chi connectivity index (χ1v) is 10.2. The molecule has 0 atom stereocenters. The maximum Gasteiger partial charge on any atom is 0.132 e. The Morgan fingerprint density at radius 3 is 2.31 bits per heavy atom. The predicted octanol–water partition coefficient (Wildman–Crippen LogP) is 6.52. The Morgan fingerprint density at radius 1 is 0.962 bits per heavy atom. The SMILES string of the molecule is CCCCC1CCC(CCc2ccc(-c3ccc(C)nn3)c(F)c2)CC1. The van der Waals surface area contributed by atoms with Gasteiger partial charge in [0.1, 0.15) is 5.82 Å². The van der Waals surface area contributed by atoms with Crippen molar-refractivity contribution in [3.05, 3.63) is 47.4 Å². The first-order chi connectivity index (χ1) is 12.7. The lowest BCUT2D eigenvalue weighted by Gasteiger charge is -2.28. The van der Waals surface area contributed by atoms with E-state index >= 15 is 0 Å². The van der Waals surface area contributed by atoms with Crippen molar-refractivity contribution in [1.29, 1.82) is 0 Å². The van der Waals surface area contributed by atoms with Crippen molar-refractivity contribution >= 4 is 0 Å². The van der Waals surface area contributed by atoms with Crippen LogP contribution >= 0.6 is 0 Å². The van der Waals surface area contributed by atoms with E-state index in [1.54, 1.807) is 6.07 Å². The molecular weight excluding hydrogens is 323 g/mol. The predicted molar refractivity (Wildman–Crippen MR) is 105 cm³/mol. The van der Waals surface area contributed by atoms with Gasteiger partial charge in [-0.1, -0.05) is 57.9 Å². The van der Waals surface area contributed by atoms with Crippen molar-refractivity contribution in [3.63, 3.8) is 0 Å². The van der Waals surface area contributed by atoms with Crippen molar-refractivity contribution in [2.24, 2.45) is 11.8 Å². The monoisotopic (exact) mass is 354 g/mol. The second kappa shape index (κ2) is 9.25. The van der Waals surface area contributed by atoms with Gasteiger partial charge >= 0.3 is 0 Å². The van der Waals surface area contributed by atoms with Crippen molar-refractivity contribution < 1.29 is 4.39 Å². The summed E-state index contributed by atoms with van der Waals surface area (Å²) in [4.78, 5) is 0. The Morgan fingerprint density at radius 2 is 1.69 bits per heavy atom. The van der Waals surface area contributed by atoms with Crippen LogP contribution < -0.4 is 0 Å². The zero-order valence-corrected chi connectivity index (χ0v) is 16.2. The number of aromatic nitrogens is 2. The van der Waals surface area contributed by atoms with Crippen LogP contribution in [0.2, 0.25) is 0 Å². The third-order valence-corrected chi connectivity index (χ3v) is 5.88. The van der Waals surface area contributed by atoms with Crippen molar-refractivity contribution in [2.45, 2.75) is 71.6 Å². The molecule has 0 bridgehead atoms. The van der Waals surface area contributed by atoms with Gasteiger partial charge in [0, 0.05) is 5.56 Å². The summed E-state index contributed by atoms with van der Waals surface area (Å²) in [5.74, 6) is 1.58. The topological polar surface area (TPSA) is 25.8 Å². The number of unbranched alkanes of at least 4 members (excludes halogenated alkanes) is 1. The minimum Gasteiger partial charge on any atom is -0.206 e. The third kappa shape index (κ3) is 5.12. The van der Waals surface area contributed by atoms with E-state index in [1.807, 2.05) is 31.2 Å². The zero-order chi connectivity index (χ0) is 18.4. The molecule has 0 unspecified atom stereocenters. The van der Waals surface area contributed by atoms with Crippen LogP contribution in [0, 0.1) is 24.6 Å². The standard InChI is InChI=1S/C23H31FN2/c1-3-4-5-18-7-9-19(10-8-18)11-12-20-13-14-21(22(24)16-20)23-15-6-17(2)25-26-23/h6,13-16,18-19H,3-5,7-12H2,1-2H3. The number of benzene rings is 1. The van der Waals surface area contributed by atoms with Crippen LogP contribution in [0.5, 0.6) is 0 Å². The molecular formula is C23H31FN2. The molecule has 3 heteroatoms. The summed E-state index contributed by atoms with van der Waals surface area (Å²) in [6.45, 7) is 4.16. The molecule has 2 aromatic rings. The highest BCUT2D eigenvalue weighted by atomic mass is 19.1. The summed E-state index contributed by atoms with van der Waals surface area (Å²) in [5.41, 5.74) is 3.08. The average Bonchev–Trinajstić information content (AvgIpc) is 2.66. The molecule has 0 spiro atoms. The fourth-order valence-electron chi connectivity index (χ4n) is 4.14. The van der Waals surface area contributed by atoms with Gasteiger partial charge in [-0.2, -0.15) is 10.2 Å². The highest BCUT2D eigenvalue weighted by Gasteiger charge is 2.20. The molecule has 1 fully saturated rings. The van der Waals surface area contributed by atoms with Crippen LogP contribution in [-0.4, -0.2) is 10.2 Å². The maximum atomic E-state index is 14.5. The Balaban J connectivity index is 1.52. The Kier molecular flexibility index (Phi) is 6.76. The van der Waals surface area contributed by atoms with Gasteiger partial charge in [0.2, 0.25) is 0 Å². The van der Waals surface area contributed by atoms with Gasteiger partial charge in [-0.25, -0.2) is 4.39 Å². The van der Waals surface area contributed by atoms with Crippen LogP contribution in [-0.2, 0) is 6.42 Å². The summed E-state index contributed by atoms with van der Waals surface area (Å²) < 4.78 is 14.5. The van der Waals surface area contributed by atoms with Crippen molar-refractivity contribution in [2.75, 3.05) is 0 Å². The van der Waals surface area contributed by atoms with Crippen LogP contribution in [0.3, 0.4) is 0 Å². The number of nitrogens with zero attached hydrogens (tertiary/aromatic N) is 2. The minimum absolute atomic E-state index is 0.191. The van der Waals surface area contributed by atoms with Crippen molar-refractivity contribution in [3.8, 4) is 11.3 Å². The summed E-state index contributed by atoms with van der Waals surface area (Å²) >= 11 is 0. The lowest BCUT2D eigenvalue weighted by molar-refractivity contribution is 0.250. The number of rotatable bonds is 7. The number of hydrogen-bond donors (Lipinski definition) is 0. The lowest BCUT2D eigenvalue weighted by Crippen LogP contribution is -2.15. The molecule has 1 heterocycles. The summed E-state index contributed by atoms with van der Waals surface area (Å²) in [5, 5.41) is 8.12. The largest absolute Gasteiger partial charge is 0.206 e. The Bertz CT molecular complexity index is 688. The molecule has 1 aromatic heterocycles. The van der Waals surface area contributed by atoms with Gasteiger partial charge in [-0.3, -0.25) is 0 Å². The van der Waals surface area contributed by atoms with E-state index in [4.69, 9.17) is 0 Å². The van der Waals surface area contributed by atoms with Gasteiger partial charge in [-0.15, -0.1) is 0 Å². The van der Waals surface area contributed by atoms with E-state index < -0.39 is 0 Å². The van der Waals surface area contributed by atoms with E-state index in [2.05, 4.69) is 17.1 Å². The molecule has 1 aromatic carbocycles. The maximum absolute atomic E-state index is 14.5. The molecule has 0 aliphatic heterocycles. The number of hydrogen-bond acceptors (Lipinski definition) is 2. The normalized spacial score (nSPS) is 20.3. The van der Waals surface area contributed by atoms with Gasteiger partial charge in [0.15, 0.2) is 0 Å². The Hall–Kier alpha value is -1.77. The van der Waals surface area contributed by atoms with Crippen LogP contribution in [0.15, 0.2) is 30.3 Å². The van der Waals surface area contributed by atoms with Crippen LogP contribution in [0.1, 0.15) is 69.5 Å². The van der Waals surface area contributed by atoms with E-state index in [0.29, 0.717) is 11.3 Å². The molecule has 0 saturated heterocycles. The number of halogens is 1.